The van der Waals surface area contributed by atoms with E-state index in [1.807, 2.05) is 25.1 Å². The van der Waals surface area contributed by atoms with Crippen LogP contribution in [0.4, 0.5) is 0 Å². The van der Waals surface area contributed by atoms with Gasteiger partial charge >= 0.3 is 5.69 Å². The number of aromatic nitrogens is 2. The molecule has 2 aromatic heterocycles. The van der Waals surface area contributed by atoms with E-state index in [4.69, 9.17) is 4.42 Å². The summed E-state index contributed by atoms with van der Waals surface area (Å²) in [6.07, 6.45) is 1.68. The molecule has 0 aliphatic heterocycles. The molecule has 0 bridgehead atoms. The minimum Gasteiger partial charge on any atom is -0.469 e. The number of alkyl halides is 1. The largest absolute Gasteiger partial charge is 0.469 e. The monoisotopic (exact) mass is 412 g/mol. The summed E-state index contributed by atoms with van der Waals surface area (Å²) in [5.41, 5.74) is 3.93. The highest BCUT2D eigenvalue weighted by Crippen LogP contribution is 2.38. The van der Waals surface area contributed by atoms with Crippen molar-refractivity contribution in [3.8, 4) is 0 Å². The van der Waals surface area contributed by atoms with Gasteiger partial charge in [-0.15, -0.1) is 0 Å². The minimum absolute atomic E-state index is 0.00494. The minimum atomic E-state index is -0.0281. The predicted molar refractivity (Wildman–Crippen MR) is 90.1 cm³/mol. The van der Waals surface area contributed by atoms with E-state index in [2.05, 4.69) is 31.9 Å². The van der Waals surface area contributed by atoms with E-state index in [-0.39, 0.29) is 10.5 Å². The molecule has 2 heterocycles. The molecule has 0 aliphatic carbocycles. The van der Waals surface area contributed by atoms with E-state index in [1.165, 1.54) is 0 Å². The van der Waals surface area contributed by atoms with Crippen molar-refractivity contribution in [1.82, 2.24) is 9.13 Å². The lowest BCUT2D eigenvalue weighted by molar-refractivity contribution is 0.530. The molecule has 6 heteroatoms. The fraction of sp³-hybridized carbons (Fsp3) is 0.267. The lowest BCUT2D eigenvalue weighted by Crippen LogP contribution is -2.19. The van der Waals surface area contributed by atoms with Crippen molar-refractivity contribution in [2.24, 2.45) is 14.1 Å². The normalized spacial score (nSPS) is 13.0. The standard InChI is InChI=1S/C15H14Br2N2O2/c1-8-9(4-5-21-8)14(17)10-6-12-13(7-11(10)16)19(3)15(20)18(12)2/h4-7,14H,1-3H3. The Morgan fingerprint density at radius 2 is 1.76 bits per heavy atom. The van der Waals surface area contributed by atoms with Gasteiger partial charge in [-0.25, -0.2) is 4.79 Å². The molecule has 0 amide bonds. The van der Waals surface area contributed by atoms with Crippen molar-refractivity contribution >= 4 is 42.9 Å². The Kier molecular flexibility index (Phi) is 3.61. The van der Waals surface area contributed by atoms with Crippen molar-refractivity contribution in [2.45, 2.75) is 11.8 Å². The molecule has 0 fully saturated rings. The zero-order valence-corrected chi connectivity index (χ0v) is 15.0. The number of hydrogen-bond donors (Lipinski definition) is 0. The number of furan rings is 1. The third-order valence-corrected chi connectivity index (χ3v) is 5.51. The van der Waals surface area contributed by atoms with E-state index in [1.54, 1.807) is 29.5 Å². The molecule has 0 saturated heterocycles. The molecule has 1 unspecified atom stereocenters. The van der Waals surface area contributed by atoms with Gasteiger partial charge in [-0.3, -0.25) is 9.13 Å². The van der Waals surface area contributed by atoms with E-state index < -0.39 is 0 Å². The predicted octanol–water partition coefficient (Wildman–Crippen LogP) is 4.03. The zero-order valence-electron chi connectivity index (χ0n) is 11.9. The van der Waals surface area contributed by atoms with Crippen LogP contribution >= 0.6 is 31.9 Å². The first kappa shape index (κ1) is 14.7. The van der Waals surface area contributed by atoms with Gasteiger partial charge < -0.3 is 4.42 Å². The van der Waals surface area contributed by atoms with E-state index in [0.29, 0.717) is 0 Å². The van der Waals surface area contributed by atoms with Crippen LogP contribution in [0.3, 0.4) is 0 Å². The number of hydrogen-bond acceptors (Lipinski definition) is 2. The highest BCUT2D eigenvalue weighted by molar-refractivity contribution is 9.11. The maximum absolute atomic E-state index is 12.0. The number of halogens is 2. The Morgan fingerprint density at radius 1 is 1.14 bits per heavy atom. The zero-order chi connectivity index (χ0) is 15.3. The number of benzene rings is 1. The van der Waals surface area contributed by atoms with Crippen LogP contribution < -0.4 is 5.69 Å². The third-order valence-electron chi connectivity index (χ3n) is 3.84. The van der Waals surface area contributed by atoms with Gasteiger partial charge in [-0.2, -0.15) is 0 Å². The van der Waals surface area contributed by atoms with E-state index in [0.717, 1.165) is 32.4 Å². The highest BCUT2D eigenvalue weighted by Gasteiger charge is 2.20. The molecule has 3 aromatic rings. The number of nitrogens with zero attached hydrogens (tertiary/aromatic N) is 2. The van der Waals surface area contributed by atoms with Gasteiger partial charge in [0.2, 0.25) is 0 Å². The fourth-order valence-corrected chi connectivity index (χ4v) is 4.28. The molecule has 0 radical (unpaired) electrons. The molecule has 3 rings (SSSR count). The van der Waals surface area contributed by atoms with Crippen molar-refractivity contribution in [3.63, 3.8) is 0 Å². The lowest BCUT2D eigenvalue weighted by Gasteiger charge is -2.12. The number of fused-ring (bicyclic) bond motifs is 1. The first-order valence-electron chi connectivity index (χ1n) is 6.44. The van der Waals surface area contributed by atoms with Gasteiger partial charge in [0, 0.05) is 24.1 Å². The van der Waals surface area contributed by atoms with Gasteiger partial charge in [0.05, 0.1) is 22.1 Å². The van der Waals surface area contributed by atoms with E-state index >= 15 is 0 Å². The Labute approximate surface area is 138 Å². The Bertz CT molecular complexity index is 889. The molecular weight excluding hydrogens is 400 g/mol. The van der Waals surface area contributed by atoms with Crippen LogP contribution in [0.2, 0.25) is 0 Å². The van der Waals surface area contributed by atoms with Crippen LogP contribution in [-0.4, -0.2) is 9.13 Å². The van der Waals surface area contributed by atoms with Crippen molar-refractivity contribution < 1.29 is 4.42 Å². The van der Waals surface area contributed by atoms with Crippen LogP contribution in [-0.2, 0) is 14.1 Å². The van der Waals surface area contributed by atoms with Crippen molar-refractivity contribution in [2.75, 3.05) is 0 Å². The average Bonchev–Trinajstić information content (AvgIpc) is 2.97. The maximum Gasteiger partial charge on any atom is 0.328 e. The first-order valence-corrected chi connectivity index (χ1v) is 8.15. The topological polar surface area (TPSA) is 40.1 Å². The highest BCUT2D eigenvalue weighted by atomic mass is 79.9. The van der Waals surface area contributed by atoms with Crippen LogP contribution in [0.15, 0.2) is 38.1 Å². The lowest BCUT2D eigenvalue weighted by atomic mass is 10.0. The van der Waals surface area contributed by atoms with Crippen LogP contribution in [0.25, 0.3) is 11.0 Å². The Balaban J connectivity index is 2.24. The summed E-state index contributed by atoms with van der Waals surface area (Å²) in [6, 6.07) is 5.97. The molecule has 21 heavy (non-hydrogen) atoms. The summed E-state index contributed by atoms with van der Waals surface area (Å²) >= 11 is 7.34. The Hall–Kier alpha value is -1.27. The van der Waals surface area contributed by atoms with Gasteiger partial charge in [0.1, 0.15) is 5.76 Å². The fourth-order valence-electron chi connectivity index (χ4n) is 2.56. The molecule has 0 aliphatic rings. The van der Waals surface area contributed by atoms with Crippen molar-refractivity contribution in [3.05, 3.63) is 56.3 Å². The van der Waals surface area contributed by atoms with Crippen LogP contribution in [0.5, 0.6) is 0 Å². The summed E-state index contributed by atoms with van der Waals surface area (Å²) in [6.45, 7) is 1.94. The molecule has 0 saturated carbocycles. The smallest absolute Gasteiger partial charge is 0.328 e. The van der Waals surface area contributed by atoms with Gasteiger partial charge in [0.25, 0.3) is 0 Å². The second kappa shape index (κ2) is 5.18. The van der Waals surface area contributed by atoms with Crippen LogP contribution in [0.1, 0.15) is 21.7 Å². The molecule has 1 atom stereocenters. The molecule has 0 spiro atoms. The van der Waals surface area contributed by atoms with Gasteiger partial charge in [0.15, 0.2) is 0 Å². The summed E-state index contributed by atoms with van der Waals surface area (Å²) < 4.78 is 9.64. The second-order valence-electron chi connectivity index (χ2n) is 5.06. The molecule has 0 N–H and O–H groups in total. The third kappa shape index (κ3) is 2.21. The average molecular weight is 414 g/mol. The quantitative estimate of drug-likeness (QED) is 0.595. The SMILES string of the molecule is Cc1occc1C(Br)c1cc2c(cc1Br)n(C)c(=O)n2C. The molecule has 110 valence electrons. The summed E-state index contributed by atoms with van der Waals surface area (Å²) in [5, 5.41) is 0. The van der Waals surface area contributed by atoms with Gasteiger partial charge in [-0.05, 0) is 30.7 Å². The van der Waals surface area contributed by atoms with Crippen molar-refractivity contribution in [1.29, 1.82) is 0 Å². The summed E-state index contributed by atoms with van der Waals surface area (Å²) in [5.74, 6) is 0.880. The number of aryl methyl sites for hydroxylation is 3. The van der Waals surface area contributed by atoms with E-state index in [9.17, 15) is 4.79 Å². The first-order chi connectivity index (χ1) is 9.91. The Morgan fingerprint density at radius 3 is 2.33 bits per heavy atom. The second-order valence-corrected chi connectivity index (χ2v) is 6.83. The summed E-state index contributed by atoms with van der Waals surface area (Å²) in [4.78, 5) is 12.1. The molecule has 4 nitrogen and oxygen atoms in total. The summed E-state index contributed by atoms with van der Waals surface area (Å²) in [7, 11) is 3.57. The number of imidazole rings is 1. The molecule has 1 aromatic carbocycles. The number of rotatable bonds is 2. The maximum atomic E-state index is 12.0. The van der Waals surface area contributed by atoms with Crippen LogP contribution in [0, 0.1) is 6.92 Å². The van der Waals surface area contributed by atoms with Gasteiger partial charge in [-0.1, -0.05) is 31.9 Å². The molecular formula is C15H14Br2N2O2.